The van der Waals surface area contributed by atoms with Gasteiger partial charge in [0, 0.05) is 6.08 Å². The van der Waals surface area contributed by atoms with E-state index in [1.165, 1.54) is 49.6 Å². The van der Waals surface area contributed by atoms with Gasteiger partial charge in [-0.15, -0.1) is 0 Å². The van der Waals surface area contributed by atoms with Crippen molar-refractivity contribution in [3.63, 3.8) is 0 Å². The van der Waals surface area contributed by atoms with E-state index in [0.29, 0.717) is 5.56 Å². The zero-order valence-electron chi connectivity index (χ0n) is 12.1. The van der Waals surface area contributed by atoms with Crippen LogP contribution < -0.4 is 9.47 Å². The number of rotatable bonds is 5. The van der Waals surface area contributed by atoms with Crippen molar-refractivity contribution < 1.29 is 23.6 Å². The first-order valence-corrected chi connectivity index (χ1v) is 6.47. The lowest BCUT2D eigenvalue weighted by molar-refractivity contribution is -0.400. The molecule has 0 aliphatic rings. The van der Waals surface area contributed by atoms with Gasteiger partial charge in [-0.25, -0.2) is 9.18 Å². The molecule has 2 aromatic carbocycles. The number of ether oxygens (including phenoxy) is 2. The maximum atomic E-state index is 13.6. The highest BCUT2D eigenvalue weighted by Gasteiger charge is 2.16. The van der Waals surface area contributed by atoms with Crippen LogP contribution in [-0.4, -0.2) is 18.0 Å². The van der Waals surface area contributed by atoms with Crippen LogP contribution in [0.4, 0.5) is 4.39 Å². The van der Waals surface area contributed by atoms with Gasteiger partial charge in [-0.1, -0.05) is 18.2 Å². The van der Waals surface area contributed by atoms with Crippen molar-refractivity contribution in [3.05, 3.63) is 75.7 Å². The maximum Gasteiger partial charge on any atom is 0.346 e. The highest BCUT2D eigenvalue weighted by molar-refractivity contribution is 5.91. The SMILES string of the molecule is COc1cc(/C=C/[N+](=O)[O-])ccc1OC(=O)c1ccccc1F. The number of hydrogen-bond donors (Lipinski definition) is 0. The minimum absolute atomic E-state index is 0.0824. The Hall–Kier alpha value is -3.22. The van der Waals surface area contributed by atoms with Crippen LogP contribution >= 0.6 is 0 Å². The molecule has 0 N–H and O–H groups in total. The van der Waals surface area contributed by atoms with Crippen molar-refractivity contribution in [3.8, 4) is 11.5 Å². The van der Waals surface area contributed by atoms with Crippen LogP contribution in [0.25, 0.3) is 6.08 Å². The van der Waals surface area contributed by atoms with Crippen molar-refractivity contribution in [1.82, 2.24) is 0 Å². The van der Waals surface area contributed by atoms with Crippen LogP contribution in [0.1, 0.15) is 15.9 Å². The topological polar surface area (TPSA) is 78.7 Å². The molecule has 0 unspecified atom stereocenters. The maximum absolute atomic E-state index is 13.6. The van der Waals surface area contributed by atoms with Crippen molar-refractivity contribution in [1.29, 1.82) is 0 Å². The monoisotopic (exact) mass is 317 g/mol. The van der Waals surface area contributed by atoms with Gasteiger partial charge in [-0.2, -0.15) is 0 Å². The number of nitrogens with zero attached hydrogens (tertiary/aromatic N) is 1. The number of carbonyl (C=O) groups is 1. The van der Waals surface area contributed by atoms with Gasteiger partial charge in [-0.05, 0) is 29.8 Å². The van der Waals surface area contributed by atoms with Crippen molar-refractivity contribution >= 4 is 12.0 Å². The van der Waals surface area contributed by atoms with E-state index in [-0.39, 0.29) is 17.1 Å². The Morgan fingerprint density at radius 2 is 1.96 bits per heavy atom. The van der Waals surface area contributed by atoms with E-state index in [1.807, 2.05) is 0 Å². The van der Waals surface area contributed by atoms with Crippen LogP contribution in [0.2, 0.25) is 0 Å². The lowest BCUT2D eigenvalue weighted by atomic mass is 10.2. The predicted octanol–water partition coefficient (Wildman–Crippen LogP) is 3.30. The van der Waals surface area contributed by atoms with E-state index in [9.17, 15) is 19.3 Å². The summed E-state index contributed by atoms with van der Waals surface area (Å²) in [6, 6.07) is 9.82. The highest BCUT2D eigenvalue weighted by atomic mass is 19.1. The van der Waals surface area contributed by atoms with Crippen LogP contribution in [-0.2, 0) is 0 Å². The Morgan fingerprint density at radius 1 is 1.22 bits per heavy atom. The smallest absolute Gasteiger partial charge is 0.346 e. The number of methoxy groups -OCH3 is 1. The van der Waals surface area contributed by atoms with Crippen molar-refractivity contribution in [2.24, 2.45) is 0 Å². The van der Waals surface area contributed by atoms with Crippen LogP contribution in [0.3, 0.4) is 0 Å². The molecule has 0 fully saturated rings. The minimum Gasteiger partial charge on any atom is -0.493 e. The summed E-state index contributed by atoms with van der Waals surface area (Å²) in [7, 11) is 1.36. The number of benzene rings is 2. The number of esters is 1. The molecule has 0 saturated carbocycles. The molecule has 6 nitrogen and oxygen atoms in total. The summed E-state index contributed by atoms with van der Waals surface area (Å²) < 4.78 is 23.8. The zero-order chi connectivity index (χ0) is 16.8. The summed E-state index contributed by atoms with van der Waals surface area (Å²) in [5.74, 6) is -1.28. The van der Waals surface area contributed by atoms with Crippen LogP contribution in [0.5, 0.6) is 11.5 Å². The minimum atomic E-state index is -0.866. The van der Waals surface area contributed by atoms with Crippen LogP contribution in [0.15, 0.2) is 48.7 Å². The molecule has 0 aromatic heterocycles. The number of nitro groups is 1. The van der Waals surface area contributed by atoms with Gasteiger partial charge >= 0.3 is 5.97 Å². The number of carbonyl (C=O) groups excluding carboxylic acids is 1. The third kappa shape index (κ3) is 4.13. The van der Waals surface area contributed by atoms with E-state index in [4.69, 9.17) is 9.47 Å². The van der Waals surface area contributed by atoms with Gasteiger partial charge in [-0.3, -0.25) is 10.1 Å². The van der Waals surface area contributed by atoms with Crippen molar-refractivity contribution in [2.45, 2.75) is 0 Å². The molecular weight excluding hydrogens is 305 g/mol. The Bertz CT molecular complexity index is 773. The molecule has 2 aromatic rings. The van der Waals surface area contributed by atoms with Crippen LogP contribution in [0, 0.1) is 15.9 Å². The largest absolute Gasteiger partial charge is 0.493 e. The first-order valence-electron chi connectivity index (χ1n) is 6.47. The van der Waals surface area contributed by atoms with E-state index in [2.05, 4.69) is 0 Å². The summed E-state index contributed by atoms with van der Waals surface area (Å²) in [5, 5.41) is 10.3. The fourth-order valence-corrected chi connectivity index (χ4v) is 1.80. The number of halogens is 1. The lowest BCUT2D eigenvalue weighted by Crippen LogP contribution is -2.11. The Morgan fingerprint density at radius 3 is 2.61 bits per heavy atom. The van der Waals surface area contributed by atoms with Gasteiger partial charge in [0.15, 0.2) is 11.5 Å². The summed E-state index contributed by atoms with van der Waals surface area (Å²) in [4.78, 5) is 21.7. The molecule has 0 atom stereocenters. The third-order valence-corrected chi connectivity index (χ3v) is 2.87. The second-order valence-corrected chi connectivity index (χ2v) is 4.38. The van der Waals surface area contributed by atoms with Gasteiger partial charge in [0.05, 0.1) is 17.6 Å². The molecule has 0 amide bonds. The lowest BCUT2D eigenvalue weighted by Gasteiger charge is -2.10. The van der Waals surface area contributed by atoms with Crippen molar-refractivity contribution in [2.75, 3.05) is 7.11 Å². The zero-order valence-corrected chi connectivity index (χ0v) is 12.1. The molecule has 23 heavy (non-hydrogen) atoms. The molecule has 0 saturated heterocycles. The quantitative estimate of drug-likeness (QED) is 0.366. The molecule has 2 rings (SSSR count). The molecule has 0 aliphatic carbocycles. The fourth-order valence-electron chi connectivity index (χ4n) is 1.80. The molecule has 0 bridgehead atoms. The first-order chi connectivity index (χ1) is 11.0. The average Bonchev–Trinajstić information content (AvgIpc) is 2.54. The second-order valence-electron chi connectivity index (χ2n) is 4.38. The van der Waals surface area contributed by atoms with E-state index >= 15 is 0 Å². The number of hydrogen-bond acceptors (Lipinski definition) is 5. The average molecular weight is 317 g/mol. The normalized spacial score (nSPS) is 10.5. The van der Waals surface area contributed by atoms with E-state index in [0.717, 1.165) is 12.3 Å². The molecule has 0 aliphatic heterocycles. The highest BCUT2D eigenvalue weighted by Crippen LogP contribution is 2.29. The Balaban J connectivity index is 2.24. The summed E-state index contributed by atoms with van der Waals surface area (Å²) in [6.07, 6.45) is 2.05. The first kappa shape index (κ1) is 16.2. The summed E-state index contributed by atoms with van der Waals surface area (Å²) in [6.45, 7) is 0. The molecule has 0 heterocycles. The predicted molar refractivity (Wildman–Crippen MR) is 80.4 cm³/mol. The van der Waals surface area contributed by atoms with Gasteiger partial charge < -0.3 is 9.47 Å². The second kappa shape index (κ2) is 7.17. The Kier molecular flexibility index (Phi) is 5.03. The third-order valence-electron chi connectivity index (χ3n) is 2.87. The van der Waals surface area contributed by atoms with Gasteiger partial charge in [0.25, 0.3) is 0 Å². The molecule has 118 valence electrons. The Labute approximate surface area is 130 Å². The van der Waals surface area contributed by atoms with Gasteiger partial charge in [0.1, 0.15) is 5.82 Å². The van der Waals surface area contributed by atoms with Gasteiger partial charge in [0.2, 0.25) is 6.20 Å². The van der Waals surface area contributed by atoms with E-state index < -0.39 is 16.7 Å². The molecule has 0 spiro atoms. The molecular formula is C16H12FNO5. The van der Waals surface area contributed by atoms with E-state index in [1.54, 1.807) is 0 Å². The molecule has 0 radical (unpaired) electrons. The summed E-state index contributed by atoms with van der Waals surface area (Å²) >= 11 is 0. The molecule has 7 heteroatoms. The fraction of sp³-hybridized carbons (Fsp3) is 0.0625. The summed E-state index contributed by atoms with van der Waals surface area (Å²) in [5.41, 5.74) is 0.288. The standard InChI is InChI=1S/C16H12FNO5/c1-22-15-10-11(8-9-18(20)21)6-7-14(15)23-16(19)12-4-2-3-5-13(12)17/h2-10H,1H3/b9-8+.